The third kappa shape index (κ3) is 9.12. The van der Waals surface area contributed by atoms with Gasteiger partial charge in [-0.3, -0.25) is 9.59 Å². The minimum absolute atomic E-state index is 0.0434. The summed E-state index contributed by atoms with van der Waals surface area (Å²) in [5.41, 5.74) is 4.97. The molecule has 2 aromatic rings. The minimum Gasteiger partial charge on any atom is -0.463 e. The Kier molecular flexibility index (Phi) is 12.8. The predicted molar refractivity (Wildman–Crippen MR) is 153 cm³/mol. The number of terminal acetylenes is 1. The van der Waals surface area contributed by atoms with Gasteiger partial charge in [0.25, 0.3) is 0 Å². The second-order valence-corrected chi connectivity index (χ2v) is 10.8. The topological polar surface area (TPSA) is 131 Å². The van der Waals surface area contributed by atoms with Crippen molar-refractivity contribution in [3.8, 4) is 12.3 Å². The Morgan fingerprint density at radius 3 is 2.66 bits per heavy atom. The van der Waals surface area contributed by atoms with Gasteiger partial charge in [0.15, 0.2) is 16.9 Å². The van der Waals surface area contributed by atoms with Crippen molar-refractivity contribution in [1.82, 2.24) is 19.5 Å². The van der Waals surface area contributed by atoms with Gasteiger partial charge in [0.05, 0.1) is 19.5 Å². The van der Waals surface area contributed by atoms with Gasteiger partial charge in [0.2, 0.25) is 0 Å². The molecule has 41 heavy (non-hydrogen) atoms. The number of hydrogen-bond acceptors (Lipinski definition) is 9. The SMILES string of the molecule is C#C[C@](CC[C@@H](CCCC)n1cnc2c(N)nc(F)nc21)(COC(=O)CCCCCCCC)C(=O)OC1CCOC1. The highest BCUT2D eigenvalue weighted by Crippen LogP contribution is 2.34. The molecule has 0 radical (unpaired) electrons. The van der Waals surface area contributed by atoms with E-state index in [0.717, 1.165) is 44.9 Å². The number of nitrogen functional groups attached to an aromatic ring is 1. The molecule has 1 saturated heterocycles. The zero-order chi connectivity index (χ0) is 29.7. The van der Waals surface area contributed by atoms with E-state index in [-0.39, 0.29) is 42.9 Å². The van der Waals surface area contributed by atoms with Gasteiger partial charge in [-0.15, -0.1) is 6.42 Å². The van der Waals surface area contributed by atoms with Crippen molar-refractivity contribution in [2.45, 2.75) is 109 Å². The van der Waals surface area contributed by atoms with Crippen LogP contribution in [0.1, 0.15) is 103 Å². The number of nitrogens with zero attached hydrogens (tertiary/aromatic N) is 4. The molecule has 2 N–H and O–H groups in total. The van der Waals surface area contributed by atoms with E-state index in [1.54, 1.807) is 10.9 Å². The Bertz CT molecular complexity index is 1180. The average molecular weight is 574 g/mol. The van der Waals surface area contributed by atoms with E-state index in [1.807, 2.05) is 0 Å². The molecule has 1 unspecified atom stereocenters. The number of ether oxygens (including phenoxy) is 3. The van der Waals surface area contributed by atoms with E-state index in [9.17, 15) is 14.0 Å². The fourth-order valence-corrected chi connectivity index (χ4v) is 5.05. The number of esters is 2. The van der Waals surface area contributed by atoms with Gasteiger partial charge in [-0.05, 0) is 25.7 Å². The molecule has 0 bridgehead atoms. The number of hydrogen-bond donors (Lipinski definition) is 1. The number of carbonyl (C=O) groups is 2. The third-order valence-corrected chi connectivity index (χ3v) is 7.65. The van der Waals surface area contributed by atoms with Crippen molar-refractivity contribution in [1.29, 1.82) is 0 Å². The summed E-state index contributed by atoms with van der Waals surface area (Å²) in [6.07, 6.45) is 16.4. The predicted octanol–water partition coefficient (Wildman–Crippen LogP) is 5.30. The fourth-order valence-electron chi connectivity index (χ4n) is 5.05. The van der Waals surface area contributed by atoms with E-state index in [4.69, 9.17) is 26.4 Å². The van der Waals surface area contributed by atoms with Crippen LogP contribution in [0.2, 0.25) is 0 Å². The van der Waals surface area contributed by atoms with Gasteiger partial charge in [-0.25, -0.2) is 4.98 Å². The highest BCUT2D eigenvalue weighted by molar-refractivity contribution is 5.82. The number of rotatable bonds is 18. The van der Waals surface area contributed by atoms with E-state index in [0.29, 0.717) is 38.0 Å². The minimum atomic E-state index is -1.49. The number of imidazole rings is 1. The molecule has 10 nitrogen and oxygen atoms in total. The lowest BCUT2D eigenvalue weighted by atomic mass is 9.82. The Hall–Kier alpha value is -3.26. The number of anilines is 1. The van der Waals surface area contributed by atoms with Crippen LogP contribution in [0.5, 0.6) is 0 Å². The molecule has 226 valence electrons. The molecule has 1 aliphatic heterocycles. The van der Waals surface area contributed by atoms with Crippen LogP contribution in [0.3, 0.4) is 0 Å². The first-order valence-electron chi connectivity index (χ1n) is 14.9. The van der Waals surface area contributed by atoms with Crippen LogP contribution in [0.15, 0.2) is 6.33 Å². The first-order chi connectivity index (χ1) is 19.8. The van der Waals surface area contributed by atoms with Gasteiger partial charge >= 0.3 is 18.0 Å². The van der Waals surface area contributed by atoms with Crippen LogP contribution in [-0.4, -0.2) is 57.4 Å². The molecule has 11 heteroatoms. The summed E-state index contributed by atoms with van der Waals surface area (Å²) in [7, 11) is 0. The van der Waals surface area contributed by atoms with Gasteiger partial charge < -0.3 is 24.5 Å². The molecule has 0 aromatic carbocycles. The van der Waals surface area contributed by atoms with E-state index in [2.05, 4.69) is 34.7 Å². The number of carbonyl (C=O) groups excluding carboxylic acids is 2. The van der Waals surface area contributed by atoms with Crippen LogP contribution >= 0.6 is 0 Å². The number of aromatic nitrogens is 4. The summed E-state index contributed by atoms with van der Waals surface area (Å²) >= 11 is 0. The second-order valence-electron chi connectivity index (χ2n) is 10.8. The lowest BCUT2D eigenvalue weighted by molar-refractivity contribution is -0.164. The summed E-state index contributed by atoms with van der Waals surface area (Å²) < 4.78 is 32.5. The largest absolute Gasteiger partial charge is 0.463 e. The number of unbranched alkanes of at least 4 members (excludes halogenated alkanes) is 6. The lowest BCUT2D eigenvalue weighted by Gasteiger charge is -2.29. The van der Waals surface area contributed by atoms with Gasteiger partial charge in [-0.2, -0.15) is 14.4 Å². The van der Waals surface area contributed by atoms with Crippen molar-refractivity contribution >= 4 is 28.9 Å². The third-order valence-electron chi connectivity index (χ3n) is 7.65. The zero-order valence-electron chi connectivity index (χ0n) is 24.4. The molecule has 1 aliphatic rings. The van der Waals surface area contributed by atoms with E-state index in [1.165, 1.54) is 6.42 Å². The van der Waals surface area contributed by atoms with Gasteiger partial charge in [0, 0.05) is 18.9 Å². The first kappa shape index (κ1) is 32.3. The molecule has 0 saturated carbocycles. The van der Waals surface area contributed by atoms with Crippen LogP contribution in [0.4, 0.5) is 10.2 Å². The van der Waals surface area contributed by atoms with Crippen molar-refractivity contribution < 1.29 is 28.2 Å². The number of nitrogens with two attached hydrogens (primary N) is 1. The maximum Gasteiger partial charge on any atom is 0.328 e. The Labute approximate surface area is 241 Å². The molecular formula is C30H44FN5O5. The lowest BCUT2D eigenvalue weighted by Crippen LogP contribution is -2.39. The summed E-state index contributed by atoms with van der Waals surface area (Å²) in [4.78, 5) is 37.9. The maximum absolute atomic E-state index is 14.1. The molecule has 0 amide bonds. The van der Waals surface area contributed by atoms with E-state index < -0.39 is 23.6 Å². The summed E-state index contributed by atoms with van der Waals surface area (Å²) in [6.45, 7) is 4.76. The Morgan fingerprint density at radius 2 is 1.95 bits per heavy atom. The van der Waals surface area contributed by atoms with E-state index >= 15 is 0 Å². The normalized spacial score (nSPS) is 17.2. The molecule has 3 rings (SSSR count). The molecule has 3 atom stereocenters. The Balaban J connectivity index is 1.76. The van der Waals surface area contributed by atoms with Crippen LogP contribution in [-0.2, 0) is 23.8 Å². The van der Waals surface area contributed by atoms with Gasteiger partial charge in [-0.1, -0.05) is 64.7 Å². The summed E-state index contributed by atoms with van der Waals surface area (Å²) in [5, 5.41) is 0. The number of halogens is 1. The van der Waals surface area contributed by atoms with Crippen molar-refractivity contribution in [3.05, 3.63) is 12.4 Å². The zero-order valence-corrected chi connectivity index (χ0v) is 24.4. The van der Waals surface area contributed by atoms with Crippen molar-refractivity contribution in [3.63, 3.8) is 0 Å². The van der Waals surface area contributed by atoms with Crippen LogP contribution in [0, 0.1) is 23.8 Å². The first-order valence-corrected chi connectivity index (χ1v) is 14.9. The highest BCUT2D eigenvalue weighted by atomic mass is 19.1. The Morgan fingerprint density at radius 1 is 1.20 bits per heavy atom. The van der Waals surface area contributed by atoms with Crippen molar-refractivity contribution in [2.24, 2.45) is 5.41 Å². The monoisotopic (exact) mass is 573 g/mol. The van der Waals surface area contributed by atoms with Gasteiger partial charge in [0.1, 0.15) is 18.2 Å². The smallest absolute Gasteiger partial charge is 0.328 e. The average Bonchev–Trinajstić information content (AvgIpc) is 3.63. The fraction of sp³-hybridized carbons (Fsp3) is 0.700. The molecule has 3 heterocycles. The molecule has 2 aromatic heterocycles. The summed E-state index contributed by atoms with van der Waals surface area (Å²) in [6, 6.07) is -0.220. The van der Waals surface area contributed by atoms with Crippen LogP contribution < -0.4 is 5.73 Å². The highest BCUT2D eigenvalue weighted by Gasteiger charge is 2.42. The summed E-state index contributed by atoms with van der Waals surface area (Å²) in [5.74, 6) is 1.59. The van der Waals surface area contributed by atoms with Crippen LogP contribution in [0.25, 0.3) is 11.2 Å². The van der Waals surface area contributed by atoms with Crippen molar-refractivity contribution in [2.75, 3.05) is 25.6 Å². The maximum atomic E-state index is 14.1. The quantitative estimate of drug-likeness (QED) is 0.109. The number of fused-ring (bicyclic) bond motifs is 1. The molecule has 0 aliphatic carbocycles. The molecule has 1 fully saturated rings. The standard InChI is InChI=1S/C30H44FN5O5/c1-4-7-9-10-11-12-14-24(37)40-20-30(6-3,28(38)41-23-16-18-39-19-23)17-15-22(13-8-5-2)36-21-33-25-26(32)34-29(31)35-27(25)36/h3,21-23H,4-5,7-20H2,1-2H3,(H2,32,34,35)/t22-,23?,30+/m1/s1. The molecule has 0 spiro atoms. The molecular weight excluding hydrogens is 529 g/mol. The second kappa shape index (κ2) is 16.2.